The van der Waals surface area contributed by atoms with Gasteiger partial charge in [0.2, 0.25) is 10.0 Å². The molecule has 1 aliphatic rings. The zero-order valence-corrected chi connectivity index (χ0v) is 16.1. The van der Waals surface area contributed by atoms with Gasteiger partial charge < -0.3 is 0 Å². The van der Waals surface area contributed by atoms with Gasteiger partial charge in [0.25, 0.3) is 10.2 Å². The largest absolute Gasteiger partial charge is 0.281 e. The highest BCUT2D eigenvalue weighted by Crippen LogP contribution is 2.20. The Morgan fingerprint density at radius 1 is 0.920 bits per heavy atom. The summed E-state index contributed by atoms with van der Waals surface area (Å²) in [5.74, 6) is -0.508. The van der Waals surface area contributed by atoms with Gasteiger partial charge in [-0.2, -0.15) is 21.3 Å². The zero-order chi connectivity index (χ0) is 18.7. The van der Waals surface area contributed by atoms with Gasteiger partial charge in [0, 0.05) is 39.3 Å². The first-order valence-electron chi connectivity index (χ1n) is 8.24. The molecule has 142 valence electrons. The number of hydrogen-bond acceptors (Lipinski definition) is 4. The Balaban J connectivity index is 2.17. The van der Waals surface area contributed by atoms with E-state index in [1.54, 1.807) is 13.8 Å². The fourth-order valence-electron chi connectivity index (χ4n) is 2.81. The van der Waals surface area contributed by atoms with Crippen LogP contribution in [0.4, 0.5) is 4.39 Å². The molecule has 10 heteroatoms. The first-order valence-corrected chi connectivity index (χ1v) is 11.1. The lowest BCUT2D eigenvalue weighted by atomic mass is 10.4. The van der Waals surface area contributed by atoms with Gasteiger partial charge in [0.1, 0.15) is 5.82 Å². The van der Waals surface area contributed by atoms with Gasteiger partial charge in [-0.15, -0.1) is 0 Å². The number of benzene rings is 1. The molecule has 1 aromatic carbocycles. The van der Waals surface area contributed by atoms with Gasteiger partial charge >= 0.3 is 0 Å². The van der Waals surface area contributed by atoms with Gasteiger partial charge in [-0.25, -0.2) is 12.8 Å². The molecule has 0 N–H and O–H groups in total. The minimum atomic E-state index is -3.77. The van der Waals surface area contributed by atoms with E-state index in [1.165, 1.54) is 25.0 Å². The Morgan fingerprint density at radius 3 is 2.00 bits per heavy atom. The second-order valence-corrected chi connectivity index (χ2v) is 9.57. The van der Waals surface area contributed by atoms with Crippen LogP contribution in [0.3, 0.4) is 0 Å². The number of nitrogens with zero attached hydrogens (tertiary/aromatic N) is 3. The Kier molecular flexibility index (Phi) is 6.55. The van der Waals surface area contributed by atoms with Crippen LogP contribution in [0.5, 0.6) is 0 Å². The predicted molar refractivity (Wildman–Crippen MR) is 93.2 cm³/mol. The van der Waals surface area contributed by atoms with Crippen LogP contribution in [0, 0.1) is 5.82 Å². The Labute approximate surface area is 149 Å². The average Bonchev–Trinajstić information content (AvgIpc) is 2.83. The molecule has 1 heterocycles. The summed E-state index contributed by atoms with van der Waals surface area (Å²) in [4.78, 5) is 0.00829. The lowest BCUT2D eigenvalue weighted by Gasteiger charge is -2.27. The average molecular weight is 394 g/mol. The maximum atomic E-state index is 13.0. The van der Waals surface area contributed by atoms with Crippen molar-refractivity contribution in [3.8, 4) is 0 Å². The van der Waals surface area contributed by atoms with E-state index in [9.17, 15) is 21.2 Å². The van der Waals surface area contributed by atoms with Crippen LogP contribution in [-0.4, -0.2) is 69.0 Å². The van der Waals surface area contributed by atoms with Crippen molar-refractivity contribution in [2.75, 3.05) is 39.3 Å². The highest BCUT2D eigenvalue weighted by atomic mass is 32.2. The quantitative estimate of drug-likeness (QED) is 0.725. The van der Waals surface area contributed by atoms with Crippen molar-refractivity contribution in [1.82, 2.24) is 12.9 Å². The van der Waals surface area contributed by atoms with E-state index in [-0.39, 0.29) is 31.1 Å². The maximum Gasteiger partial charge on any atom is 0.281 e. The van der Waals surface area contributed by atoms with E-state index in [0.717, 1.165) is 12.1 Å². The smallest absolute Gasteiger partial charge is 0.207 e. The van der Waals surface area contributed by atoms with Crippen molar-refractivity contribution in [3.63, 3.8) is 0 Å². The first-order chi connectivity index (χ1) is 11.7. The lowest BCUT2D eigenvalue weighted by molar-refractivity contribution is 0.352. The maximum absolute atomic E-state index is 13.0. The van der Waals surface area contributed by atoms with Gasteiger partial charge in [-0.1, -0.05) is 13.8 Å². The fourth-order valence-corrected chi connectivity index (χ4v) is 5.93. The molecule has 0 saturated carbocycles. The molecule has 7 nitrogen and oxygen atoms in total. The summed E-state index contributed by atoms with van der Waals surface area (Å²) >= 11 is 0. The third-order valence-corrected chi connectivity index (χ3v) is 8.32. The molecule has 1 fully saturated rings. The van der Waals surface area contributed by atoms with Crippen molar-refractivity contribution in [2.24, 2.45) is 0 Å². The molecule has 1 saturated heterocycles. The molecular formula is C15H24FN3O4S2. The first kappa shape index (κ1) is 20.2. The number of sulfonamides is 1. The van der Waals surface area contributed by atoms with Gasteiger partial charge in [0.05, 0.1) is 4.90 Å². The number of halogens is 1. The molecule has 1 aliphatic heterocycles. The third kappa shape index (κ3) is 4.37. The molecular weight excluding hydrogens is 369 g/mol. The second-order valence-electron chi connectivity index (χ2n) is 5.70. The Hall–Kier alpha value is -1.07. The molecule has 1 aromatic rings. The van der Waals surface area contributed by atoms with Crippen LogP contribution in [0.2, 0.25) is 0 Å². The molecule has 0 aromatic heterocycles. The minimum absolute atomic E-state index is 0.00829. The van der Waals surface area contributed by atoms with Crippen LogP contribution in [0.25, 0.3) is 0 Å². The van der Waals surface area contributed by atoms with Crippen LogP contribution < -0.4 is 0 Å². The highest BCUT2D eigenvalue weighted by Gasteiger charge is 2.33. The number of rotatable bonds is 6. The summed E-state index contributed by atoms with van der Waals surface area (Å²) in [7, 11) is -7.36. The van der Waals surface area contributed by atoms with Crippen LogP contribution >= 0.6 is 0 Å². The lowest BCUT2D eigenvalue weighted by Crippen LogP contribution is -2.45. The van der Waals surface area contributed by atoms with Gasteiger partial charge in [-0.3, -0.25) is 0 Å². The molecule has 0 unspecified atom stereocenters. The summed E-state index contributed by atoms with van der Waals surface area (Å²) in [5.41, 5.74) is 0. The molecule has 0 bridgehead atoms. The molecule has 0 amide bonds. The monoisotopic (exact) mass is 393 g/mol. The molecule has 0 radical (unpaired) electrons. The van der Waals surface area contributed by atoms with E-state index in [4.69, 9.17) is 0 Å². The second kappa shape index (κ2) is 8.09. The van der Waals surface area contributed by atoms with Gasteiger partial charge in [0.15, 0.2) is 0 Å². The van der Waals surface area contributed by atoms with Crippen LogP contribution in [0.15, 0.2) is 29.2 Å². The zero-order valence-electron chi connectivity index (χ0n) is 14.4. The summed E-state index contributed by atoms with van der Waals surface area (Å²) in [6.07, 6.45) is 0.404. The van der Waals surface area contributed by atoms with E-state index >= 15 is 0 Å². The molecule has 0 aliphatic carbocycles. The summed E-state index contributed by atoms with van der Waals surface area (Å²) in [6, 6.07) is 4.64. The van der Waals surface area contributed by atoms with Crippen molar-refractivity contribution < 1.29 is 21.2 Å². The SMILES string of the molecule is CCN(CC)S(=O)(=O)N1CCCN(S(=O)(=O)c2ccc(F)cc2)CC1. The summed E-state index contributed by atoms with van der Waals surface area (Å²) in [5, 5.41) is 0. The Bertz CT molecular complexity index is 777. The van der Waals surface area contributed by atoms with E-state index < -0.39 is 26.0 Å². The summed E-state index contributed by atoms with van der Waals surface area (Å²) < 4.78 is 67.5. The standard InChI is InChI=1S/C15H24FN3O4S2/c1-3-17(4-2)25(22,23)19-11-5-10-18(12-13-19)24(20,21)15-8-6-14(16)7-9-15/h6-9H,3-5,10-13H2,1-2H3. The minimum Gasteiger partial charge on any atom is -0.207 e. The normalized spacial score (nSPS) is 18.4. The Morgan fingerprint density at radius 2 is 1.44 bits per heavy atom. The van der Waals surface area contributed by atoms with Crippen molar-refractivity contribution in [3.05, 3.63) is 30.1 Å². The summed E-state index contributed by atoms with van der Waals surface area (Å²) in [6.45, 7) is 4.94. The van der Waals surface area contributed by atoms with Crippen molar-refractivity contribution >= 4 is 20.2 Å². The van der Waals surface area contributed by atoms with Crippen LogP contribution in [0.1, 0.15) is 20.3 Å². The van der Waals surface area contributed by atoms with Crippen molar-refractivity contribution in [2.45, 2.75) is 25.2 Å². The molecule has 0 spiro atoms. The third-order valence-electron chi connectivity index (χ3n) is 4.22. The molecule has 2 rings (SSSR count). The fraction of sp³-hybridized carbons (Fsp3) is 0.600. The van der Waals surface area contributed by atoms with E-state index in [1.807, 2.05) is 0 Å². The van der Waals surface area contributed by atoms with Crippen LogP contribution in [-0.2, 0) is 20.2 Å². The topological polar surface area (TPSA) is 78.0 Å². The van der Waals surface area contributed by atoms with Crippen molar-refractivity contribution in [1.29, 1.82) is 0 Å². The van der Waals surface area contributed by atoms with E-state index in [0.29, 0.717) is 19.5 Å². The molecule has 0 atom stereocenters. The van der Waals surface area contributed by atoms with Gasteiger partial charge in [-0.05, 0) is 30.7 Å². The number of hydrogen-bond donors (Lipinski definition) is 0. The predicted octanol–water partition coefficient (Wildman–Crippen LogP) is 1.11. The van der Waals surface area contributed by atoms with E-state index in [2.05, 4.69) is 0 Å². The molecule has 25 heavy (non-hydrogen) atoms. The highest BCUT2D eigenvalue weighted by molar-refractivity contribution is 7.89.